The highest BCUT2D eigenvalue weighted by molar-refractivity contribution is 5.54. The highest BCUT2D eigenvalue weighted by Gasteiger charge is 2.42. The number of hydrogen-bond acceptors (Lipinski definition) is 6. The van der Waals surface area contributed by atoms with Crippen LogP contribution in [0.5, 0.6) is 0 Å². The van der Waals surface area contributed by atoms with Crippen molar-refractivity contribution in [3.63, 3.8) is 0 Å². The van der Waals surface area contributed by atoms with E-state index in [2.05, 4.69) is 50.9 Å². The molecule has 6 nitrogen and oxygen atoms in total. The van der Waals surface area contributed by atoms with Crippen LogP contribution in [0.25, 0.3) is 0 Å². The normalized spacial score (nSPS) is 22.0. The van der Waals surface area contributed by atoms with Crippen LogP contribution in [-0.2, 0) is 0 Å². The van der Waals surface area contributed by atoms with Crippen molar-refractivity contribution in [1.29, 1.82) is 0 Å². The molecule has 0 atom stereocenters. The fourth-order valence-electron chi connectivity index (χ4n) is 3.73. The van der Waals surface area contributed by atoms with Gasteiger partial charge >= 0.3 is 0 Å². The maximum Gasteiger partial charge on any atom is 0.135 e. The summed E-state index contributed by atoms with van der Waals surface area (Å²) in [6.07, 6.45) is 14.2. The van der Waals surface area contributed by atoms with Crippen LogP contribution in [0.4, 0.5) is 11.6 Å². The molecule has 1 fully saturated rings. The fraction of sp³-hybridized carbons (Fsp3) is 0.412. The molecule has 4 N–H and O–H groups in total. The molecule has 6 heteroatoms. The predicted octanol–water partition coefficient (Wildman–Crippen LogP) is 2.68. The number of nitrogens with zero attached hydrogens (tertiary/aromatic N) is 3. The van der Waals surface area contributed by atoms with E-state index in [0.29, 0.717) is 11.6 Å². The van der Waals surface area contributed by atoms with Crippen molar-refractivity contribution < 1.29 is 0 Å². The van der Waals surface area contributed by atoms with Crippen molar-refractivity contribution in [2.75, 3.05) is 11.1 Å². The van der Waals surface area contributed by atoms with E-state index in [4.69, 9.17) is 5.73 Å². The zero-order valence-corrected chi connectivity index (χ0v) is 13.3. The fourth-order valence-corrected chi connectivity index (χ4v) is 3.73. The van der Waals surface area contributed by atoms with Gasteiger partial charge in [-0.3, -0.25) is 0 Å². The molecular formula is C17H22N6. The minimum absolute atomic E-state index is 0.0424. The molecule has 0 bridgehead atoms. The van der Waals surface area contributed by atoms with E-state index in [9.17, 15) is 0 Å². The lowest BCUT2D eigenvalue weighted by molar-refractivity contribution is 0.125. The number of fused-ring (bicyclic) bond motifs is 2. The summed E-state index contributed by atoms with van der Waals surface area (Å²) in [4.78, 5) is 10.6. The zero-order valence-electron chi connectivity index (χ0n) is 13.3. The third-order valence-corrected chi connectivity index (χ3v) is 4.88. The van der Waals surface area contributed by atoms with E-state index in [1.165, 1.54) is 49.7 Å². The van der Waals surface area contributed by atoms with Crippen LogP contribution < -0.4 is 16.4 Å². The lowest BCUT2D eigenvalue weighted by Gasteiger charge is -2.43. The number of nitrogen functional groups attached to an aromatic ring is 1. The van der Waals surface area contributed by atoms with Gasteiger partial charge < -0.3 is 21.3 Å². The standard InChI is InChI=1S/C17H22N6/c1-12-7-13(22-16-8-15(18)19-11-20-16)10-23-14(12)9-21-17(23)5-3-2-4-6-17/h7-11,21H,2-6H2,1H3,(H3,18,19,20,22). The molecule has 0 amide bonds. The van der Waals surface area contributed by atoms with Gasteiger partial charge in [0, 0.05) is 18.5 Å². The van der Waals surface area contributed by atoms with Gasteiger partial charge in [-0.2, -0.15) is 0 Å². The smallest absolute Gasteiger partial charge is 0.135 e. The SMILES string of the molecule is CC1=CC(Nc2cc(N)ncn2)=CN2C1=CNC21CCCCC1. The summed E-state index contributed by atoms with van der Waals surface area (Å²) in [6.45, 7) is 2.14. The Balaban J connectivity index is 1.63. The van der Waals surface area contributed by atoms with Gasteiger partial charge in [-0.1, -0.05) is 6.42 Å². The van der Waals surface area contributed by atoms with Gasteiger partial charge in [-0.05, 0) is 44.3 Å². The zero-order chi connectivity index (χ0) is 15.9. The van der Waals surface area contributed by atoms with E-state index < -0.39 is 0 Å². The molecule has 1 aromatic heterocycles. The molecular weight excluding hydrogens is 288 g/mol. The van der Waals surface area contributed by atoms with Gasteiger partial charge in [0.25, 0.3) is 0 Å². The maximum absolute atomic E-state index is 5.73. The van der Waals surface area contributed by atoms with E-state index in [0.717, 1.165) is 5.70 Å². The Hall–Kier alpha value is -2.50. The summed E-state index contributed by atoms with van der Waals surface area (Å²) in [6, 6.07) is 1.74. The van der Waals surface area contributed by atoms with Crippen LogP contribution in [-0.4, -0.2) is 20.5 Å². The highest BCUT2D eigenvalue weighted by atomic mass is 15.4. The van der Waals surface area contributed by atoms with Gasteiger partial charge in [-0.25, -0.2) is 9.97 Å². The number of nitrogens with two attached hydrogens (primary N) is 1. The van der Waals surface area contributed by atoms with Crippen LogP contribution in [0.3, 0.4) is 0 Å². The Bertz CT molecular complexity index is 712. The first-order valence-electron chi connectivity index (χ1n) is 8.19. The second kappa shape index (κ2) is 5.30. The second-order valence-electron chi connectivity index (χ2n) is 6.50. The first-order chi connectivity index (χ1) is 11.2. The molecule has 0 unspecified atom stereocenters. The first kappa shape index (κ1) is 14.1. The summed E-state index contributed by atoms with van der Waals surface area (Å²) in [7, 11) is 0. The lowest BCUT2D eigenvalue weighted by Crippen LogP contribution is -2.51. The first-order valence-corrected chi connectivity index (χ1v) is 8.19. The summed E-state index contributed by atoms with van der Waals surface area (Å²) in [5.74, 6) is 1.18. The van der Waals surface area contributed by atoms with E-state index in [1.807, 2.05) is 0 Å². The monoisotopic (exact) mass is 310 g/mol. The third-order valence-electron chi connectivity index (χ3n) is 4.88. The molecule has 23 heavy (non-hydrogen) atoms. The molecule has 120 valence electrons. The predicted molar refractivity (Wildman–Crippen MR) is 90.8 cm³/mol. The molecule has 0 radical (unpaired) electrons. The molecule has 1 aromatic rings. The van der Waals surface area contributed by atoms with Crippen LogP contribution in [0.15, 0.2) is 47.8 Å². The van der Waals surface area contributed by atoms with Crippen molar-refractivity contribution in [2.45, 2.75) is 44.7 Å². The number of anilines is 2. The lowest BCUT2D eigenvalue weighted by atomic mass is 9.87. The van der Waals surface area contributed by atoms with Crippen LogP contribution in [0.2, 0.25) is 0 Å². The van der Waals surface area contributed by atoms with Crippen LogP contribution in [0, 0.1) is 0 Å². The average Bonchev–Trinajstić information content (AvgIpc) is 2.87. The molecule has 0 saturated heterocycles. The molecule has 3 aliphatic rings. The number of allylic oxidation sites excluding steroid dienone is 2. The van der Waals surface area contributed by atoms with Crippen LogP contribution in [0.1, 0.15) is 39.0 Å². The summed E-state index contributed by atoms with van der Waals surface area (Å²) >= 11 is 0. The topological polar surface area (TPSA) is 79.1 Å². The van der Waals surface area contributed by atoms with Crippen molar-refractivity contribution >= 4 is 11.6 Å². The maximum atomic E-state index is 5.73. The highest BCUT2D eigenvalue weighted by Crippen LogP contribution is 2.41. The molecule has 4 rings (SSSR count). The minimum atomic E-state index is 0.0424. The van der Waals surface area contributed by atoms with Crippen LogP contribution >= 0.6 is 0 Å². The quantitative estimate of drug-likeness (QED) is 0.779. The third kappa shape index (κ3) is 2.44. The van der Waals surface area contributed by atoms with Crippen molar-refractivity contribution in [3.05, 3.63) is 47.8 Å². The Morgan fingerprint density at radius 2 is 2.09 bits per heavy atom. The molecule has 3 heterocycles. The average molecular weight is 310 g/mol. The Morgan fingerprint density at radius 3 is 2.87 bits per heavy atom. The molecule has 1 spiro atoms. The Morgan fingerprint density at radius 1 is 1.26 bits per heavy atom. The van der Waals surface area contributed by atoms with Crippen molar-refractivity contribution in [2.24, 2.45) is 0 Å². The van der Waals surface area contributed by atoms with E-state index in [-0.39, 0.29) is 5.66 Å². The van der Waals surface area contributed by atoms with E-state index in [1.54, 1.807) is 6.07 Å². The number of aromatic nitrogens is 2. The summed E-state index contributed by atoms with van der Waals surface area (Å²) in [5, 5.41) is 6.99. The molecule has 1 saturated carbocycles. The summed E-state index contributed by atoms with van der Waals surface area (Å²) in [5.41, 5.74) is 9.30. The molecule has 2 aliphatic heterocycles. The van der Waals surface area contributed by atoms with Gasteiger partial charge in [0.15, 0.2) is 0 Å². The van der Waals surface area contributed by atoms with E-state index >= 15 is 0 Å². The van der Waals surface area contributed by atoms with Gasteiger partial charge in [-0.15, -0.1) is 0 Å². The number of nitrogens with one attached hydrogen (secondary N) is 2. The van der Waals surface area contributed by atoms with Gasteiger partial charge in [0.1, 0.15) is 23.6 Å². The van der Waals surface area contributed by atoms with Gasteiger partial charge in [0.2, 0.25) is 0 Å². The second-order valence-corrected chi connectivity index (χ2v) is 6.50. The minimum Gasteiger partial charge on any atom is -0.384 e. The number of rotatable bonds is 2. The van der Waals surface area contributed by atoms with Crippen molar-refractivity contribution in [3.8, 4) is 0 Å². The molecule has 1 aliphatic carbocycles. The Labute approximate surface area is 136 Å². The Kier molecular flexibility index (Phi) is 3.25. The largest absolute Gasteiger partial charge is 0.384 e. The van der Waals surface area contributed by atoms with Gasteiger partial charge in [0.05, 0.1) is 11.4 Å². The summed E-state index contributed by atoms with van der Waals surface area (Å²) < 4.78 is 0. The number of hydrogen-bond donors (Lipinski definition) is 3. The molecule has 0 aromatic carbocycles. The van der Waals surface area contributed by atoms with Crippen molar-refractivity contribution in [1.82, 2.24) is 20.2 Å².